The molecule has 86 valence electrons. The highest BCUT2D eigenvalue weighted by Crippen LogP contribution is 2.12. The third-order valence-electron chi connectivity index (χ3n) is 3.47. The molecule has 2 aliphatic heterocycles. The summed E-state index contributed by atoms with van der Waals surface area (Å²) in [6.07, 6.45) is 3.72. The molecular formula is C12H23N3. The van der Waals surface area contributed by atoms with Gasteiger partial charge in [-0.2, -0.15) is 0 Å². The quantitative estimate of drug-likeness (QED) is 0.685. The predicted octanol–water partition coefficient (Wildman–Crippen LogP) is 0.544. The normalized spacial score (nSPS) is 25.3. The molecular weight excluding hydrogens is 186 g/mol. The Morgan fingerprint density at radius 3 is 2.60 bits per heavy atom. The lowest BCUT2D eigenvalue weighted by molar-refractivity contribution is 0.246. The topological polar surface area (TPSA) is 18.5 Å². The third-order valence-corrected chi connectivity index (χ3v) is 3.47. The second-order valence-corrected chi connectivity index (χ2v) is 4.53. The standard InChI is InChI=1S/C12H23N3/c1-2-14-7-3-12(4-8-14)11-15-9-5-13-6-10-15/h3,13H,2,4-11H2,1H3. The Hall–Kier alpha value is -0.380. The predicted molar refractivity (Wildman–Crippen MR) is 64.1 cm³/mol. The van der Waals surface area contributed by atoms with Crippen LogP contribution in [0.1, 0.15) is 13.3 Å². The lowest BCUT2D eigenvalue weighted by atomic mass is 10.1. The number of hydrogen-bond acceptors (Lipinski definition) is 3. The van der Waals surface area contributed by atoms with E-state index in [1.165, 1.54) is 39.1 Å². The van der Waals surface area contributed by atoms with Crippen molar-refractivity contribution >= 4 is 0 Å². The Balaban J connectivity index is 1.77. The van der Waals surface area contributed by atoms with Gasteiger partial charge in [0.1, 0.15) is 0 Å². The van der Waals surface area contributed by atoms with Crippen LogP contribution < -0.4 is 5.32 Å². The Morgan fingerprint density at radius 2 is 2.00 bits per heavy atom. The Kier molecular flexibility index (Phi) is 4.18. The van der Waals surface area contributed by atoms with Crippen molar-refractivity contribution < 1.29 is 0 Å². The van der Waals surface area contributed by atoms with Crippen molar-refractivity contribution in [1.82, 2.24) is 15.1 Å². The number of piperazine rings is 1. The molecule has 0 spiro atoms. The lowest BCUT2D eigenvalue weighted by Crippen LogP contribution is -2.44. The molecule has 0 radical (unpaired) electrons. The molecule has 0 unspecified atom stereocenters. The number of hydrogen-bond donors (Lipinski definition) is 1. The van der Waals surface area contributed by atoms with Gasteiger partial charge in [0.05, 0.1) is 0 Å². The number of nitrogens with one attached hydrogen (secondary N) is 1. The van der Waals surface area contributed by atoms with Crippen molar-refractivity contribution in [3.8, 4) is 0 Å². The van der Waals surface area contributed by atoms with E-state index in [0.29, 0.717) is 0 Å². The third kappa shape index (κ3) is 3.30. The van der Waals surface area contributed by atoms with Crippen LogP contribution in [0.5, 0.6) is 0 Å². The zero-order chi connectivity index (χ0) is 10.5. The molecule has 0 saturated carbocycles. The van der Waals surface area contributed by atoms with Gasteiger partial charge in [0.25, 0.3) is 0 Å². The monoisotopic (exact) mass is 209 g/mol. The molecule has 0 aromatic rings. The lowest BCUT2D eigenvalue weighted by Gasteiger charge is -2.31. The van der Waals surface area contributed by atoms with Gasteiger partial charge in [0, 0.05) is 45.8 Å². The van der Waals surface area contributed by atoms with Crippen LogP contribution in [-0.4, -0.2) is 62.2 Å². The van der Waals surface area contributed by atoms with Crippen molar-refractivity contribution in [2.24, 2.45) is 0 Å². The van der Waals surface area contributed by atoms with Crippen LogP contribution in [0, 0.1) is 0 Å². The molecule has 3 nitrogen and oxygen atoms in total. The van der Waals surface area contributed by atoms with E-state index >= 15 is 0 Å². The molecule has 1 N–H and O–H groups in total. The summed E-state index contributed by atoms with van der Waals surface area (Å²) in [5, 5.41) is 3.40. The minimum atomic E-state index is 1.16. The highest BCUT2D eigenvalue weighted by Gasteiger charge is 2.14. The number of nitrogens with zero attached hydrogens (tertiary/aromatic N) is 2. The highest BCUT2D eigenvalue weighted by molar-refractivity contribution is 5.09. The van der Waals surface area contributed by atoms with E-state index in [1.807, 2.05) is 0 Å². The molecule has 2 heterocycles. The average Bonchev–Trinajstić information content (AvgIpc) is 2.31. The van der Waals surface area contributed by atoms with Crippen molar-refractivity contribution in [3.05, 3.63) is 11.6 Å². The molecule has 1 saturated heterocycles. The number of likely N-dealkylation sites (N-methyl/N-ethyl adjacent to an activating group) is 1. The van der Waals surface area contributed by atoms with Crippen LogP contribution in [0.4, 0.5) is 0 Å². The molecule has 3 heteroatoms. The van der Waals surface area contributed by atoms with E-state index in [2.05, 4.69) is 28.1 Å². The summed E-state index contributed by atoms with van der Waals surface area (Å²) in [5.41, 5.74) is 1.65. The zero-order valence-corrected chi connectivity index (χ0v) is 9.84. The molecule has 0 aromatic carbocycles. The van der Waals surface area contributed by atoms with Crippen LogP contribution in [0.25, 0.3) is 0 Å². The molecule has 0 atom stereocenters. The summed E-state index contributed by atoms with van der Waals surface area (Å²) in [7, 11) is 0. The molecule has 0 amide bonds. The largest absolute Gasteiger partial charge is 0.314 e. The summed E-state index contributed by atoms with van der Waals surface area (Å²) < 4.78 is 0. The van der Waals surface area contributed by atoms with Gasteiger partial charge in [-0.1, -0.05) is 18.6 Å². The van der Waals surface area contributed by atoms with E-state index in [0.717, 1.165) is 19.6 Å². The molecule has 2 rings (SSSR count). The van der Waals surface area contributed by atoms with E-state index in [-0.39, 0.29) is 0 Å². The van der Waals surface area contributed by atoms with E-state index in [9.17, 15) is 0 Å². The summed E-state index contributed by atoms with van der Waals surface area (Å²) in [4.78, 5) is 5.07. The van der Waals surface area contributed by atoms with Crippen molar-refractivity contribution in [3.63, 3.8) is 0 Å². The van der Waals surface area contributed by atoms with E-state index < -0.39 is 0 Å². The van der Waals surface area contributed by atoms with Gasteiger partial charge in [-0.15, -0.1) is 0 Å². The first-order valence-electron chi connectivity index (χ1n) is 6.22. The minimum Gasteiger partial charge on any atom is -0.314 e. The smallest absolute Gasteiger partial charge is 0.0194 e. The fourth-order valence-corrected chi connectivity index (χ4v) is 2.34. The molecule has 0 aromatic heterocycles. The maximum atomic E-state index is 3.40. The maximum Gasteiger partial charge on any atom is 0.0194 e. The van der Waals surface area contributed by atoms with Crippen LogP contribution in [0.2, 0.25) is 0 Å². The minimum absolute atomic E-state index is 1.16. The fraction of sp³-hybridized carbons (Fsp3) is 0.833. The summed E-state index contributed by atoms with van der Waals surface area (Å²) in [5.74, 6) is 0. The van der Waals surface area contributed by atoms with Gasteiger partial charge in [0.15, 0.2) is 0 Å². The average molecular weight is 209 g/mol. The first-order chi connectivity index (χ1) is 7.38. The molecule has 2 aliphatic rings. The second kappa shape index (κ2) is 5.64. The Morgan fingerprint density at radius 1 is 1.20 bits per heavy atom. The molecule has 1 fully saturated rings. The Bertz CT molecular complexity index is 219. The summed E-state index contributed by atoms with van der Waals surface area (Å²) in [6.45, 7) is 11.8. The Labute approximate surface area is 93.1 Å². The van der Waals surface area contributed by atoms with Crippen molar-refractivity contribution in [2.75, 3.05) is 52.4 Å². The summed E-state index contributed by atoms with van der Waals surface area (Å²) in [6, 6.07) is 0. The second-order valence-electron chi connectivity index (χ2n) is 4.53. The first kappa shape index (κ1) is 11.1. The van der Waals surface area contributed by atoms with Gasteiger partial charge in [-0.25, -0.2) is 0 Å². The molecule has 0 aliphatic carbocycles. The van der Waals surface area contributed by atoms with Crippen LogP contribution in [0.15, 0.2) is 11.6 Å². The molecule has 15 heavy (non-hydrogen) atoms. The highest BCUT2D eigenvalue weighted by atomic mass is 15.2. The fourth-order valence-electron chi connectivity index (χ4n) is 2.34. The van der Waals surface area contributed by atoms with Crippen molar-refractivity contribution in [2.45, 2.75) is 13.3 Å². The van der Waals surface area contributed by atoms with Crippen LogP contribution >= 0.6 is 0 Å². The summed E-state index contributed by atoms with van der Waals surface area (Å²) >= 11 is 0. The van der Waals surface area contributed by atoms with Gasteiger partial charge in [-0.3, -0.25) is 9.80 Å². The van der Waals surface area contributed by atoms with Crippen LogP contribution in [-0.2, 0) is 0 Å². The first-order valence-corrected chi connectivity index (χ1v) is 6.22. The SMILES string of the molecule is CCN1CC=C(CN2CCNCC2)CC1. The zero-order valence-electron chi connectivity index (χ0n) is 9.84. The van der Waals surface area contributed by atoms with Gasteiger partial charge >= 0.3 is 0 Å². The van der Waals surface area contributed by atoms with E-state index in [1.54, 1.807) is 5.57 Å². The van der Waals surface area contributed by atoms with Gasteiger partial charge in [0.2, 0.25) is 0 Å². The van der Waals surface area contributed by atoms with Gasteiger partial charge < -0.3 is 5.32 Å². The van der Waals surface area contributed by atoms with Crippen molar-refractivity contribution in [1.29, 1.82) is 0 Å². The van der Waals surface area contributed by atoms with E-state index in [4.69, 9.17) is 0 Å². The molecule has 0 bridgehead atoms. The maximum absolute atomic E-state index is 3.40. The number of rotatable bonds is 3. The van der Waals surface area contributed by atoms with Crippen LogP contribution in [0.3, 0.4) is 0 Å². The van der Waals surface area contributed by atoms with Gasteiger partial charge in [-0.05, 0) is 13.0 Å².